The van der Waals surface area contributed by atoms with Gasteiger partial charge in [0.1, 0.15) is 0 Å². The lowest BCUT2D eigenvalue weighted by Gasteiger charge is -2.03. The lowest BCUT2D eigenvalue weighted by atomic mass is 10.0. The van der Waals surface area contributed by atoms with E-state index < -0.39 is 17.9 Å². The van der Waals surface area contributed by atoms with Gasteiger partial charge < -0.3 is 10.2 Å². The van der Waals surface area contributed by atoms with Gasteiger partial charge in [0.2, 0.25) is 0 Å². The topological polar surface area (TPSA) is 112 Å². The van der Waals surface area contributed by atoms with Gasteiger partial charge in [-0.15, -0.1) is 0 Å². The number of carbonyl (C=O) groups excluding carboxylic acids is 1. The summed E-state index contributed by atoms with van der Waals surface area (Å²) in [6.45, 7) is 5.96. The van der Waals surface area contributed by atoms with Gasteiger partial charge in [-0.25, -0.2) is 19.5 Å². The van der Waals surface area contributed by atoms with Crippen LogP contribution in [0, 0.1) is 6.92 Å². The van der Waals surface area contributed by atoms with Crippen LogP contribution in [0.25, 0.3) is 0 Å². The second-order valence-corrected chi connectivity index (χ2v) is 3.66. The average molecular weight is 265 g/mol. The van der Waals surface area contributed by atoms with Gasteiger partial charge in [0.15, 0.2) is 0 Å². The number of carboxylic acids is 2. The summed E-state index contributed by atoms with van der Waals surface area (Å²) in [5, 5.41) is 26.8. The second-order valence-electron chi connectivity index (χ2n) is 3.66. The molecule has 0 bridgehead atoms. The largest absolute Gasteiger partial charge is 0.478 e. The van der Waals surface area contributed by atoms with Crippen molar-refractivity contribution < 1.29 is 29.7 Å². The summed E-state index contributed by atoms with van der Waals surface area (Å²) in [7, 11) is 0. The number of benzene rings is 1. The number of aromatic carboxylic acids is 2. The minimum atomic E-state index is -1.19. The Hall–Kier alpha value is -2.63. The van der Waals surface area contributed by atoms with Crippen LogP contribution in [0.5, 0.6) is 0 Å². The number of hydrogen-bond donors (Lipinski definition) is 2. The quantitative estimate of drug-likeness (QED) is 0.811. The third kappa shape index (κ3) is 5.03. The van der Waals surface area contributed by atoms with E-state index in [4.69, 9.17) is 10.2 Å². The molecule has 101 valence electrons. The highest BCUT2D eigenvalue weighted by molar-refractivity contribution is 5.96. The summed E-state index contributed by atoms with van der Waals surface area (Å²) in [4.78, 5) is 30.7. The molecule has 0 aromatic heterocycles. The van der Waals surface area contributed by atoms with Crippen LogP contribution >= 0.6 is 0 Å². The SMILES string of the molecule is C=C(C)C([O])=O.Cc1c(C(=O)O)cccc1C(=O)O. The van der Waals surface area contributed by atoms with Gasteiger partial charge in [-0.05, 0) is 31.5 Å². The molecule has 0 saturated carbocycles. The maximum Gasteiger partial charge on any atom is 0.381 e. The summed E-state index contributed by atoms with van der Waals surface area (Å²) < 4.78 is 0. The monoisotopic (exact) mass is 265 g/mol. The third-order valence-electron chi connectivity index (χ3n) is 2.14. The van der Waals surface area contributed by atoms with Crippen molar-refractivity contribution >= 4 is 17.9 Å². The molecular formula is C13H13O6. The first kappa shape index (κ1) is 16.4. The Bertz CT molecular complexity index is 486. The van der Waals surface area contributed by atoms with Gasteiger partial charge in [0, 0.05) is 5.57 Å². The zero-order chi connectivity index (χ0) is 15.2. The van der Waals surface area contributed by atoms with Crippen LogP contribution in [0.4, 0.5) is 0 Å². The lowest BCUT2D eigenvalue weighted by Crippen LogP contribution is -2.06. The Morgan fingerprint density at radius 3 is 1.58 bits per heavy atom. The molecule has 19 heavy (non-hydrogen) atoms. The van der Waals surface area contributed by atoms with E-state index in [9.17, 15) is 19.5 Å². The summed E-state index contributed by atoms with van der Waals surface area (Å²) in [6, 6.07) is 4.17. The van der Waals surface area contributed by atoms with Crippen LogP contribution < -0.4 is 0 Å². The number of rotatable bonds is 3. The van der Waals surface area contributed by atoms with Crippen LogP contribution in [0.1, 0.15) is 33.2 Å². The highest BCUT2D eigenvalue weighted by Gasteiger charge is 2.13. The van der Waals surface area contributed by atoms with E-state index in [2.05, 4.69) is 6.58 Å². The normalized spacial score (nSPS) is 8.95. The minimum Gasteiger partial charge on any atom is -0.478 e. The molecular weight excluding hydrogens is 252 g/mol. The van der Waals surface area contributed by atoms with E-state index in [1.165, 1.54) is 32.0 Å². The van der Waals surface area contributed by atoms with Crippen molar-refractivity contribution in [3.05, 3.63) is 47.0 Å². The number of carbonyl (C=O) groups is 3. The Labute approximate surface area is 109 Å². The first-order chi connectivity index (χ1) is 8.68. The van der Waals surface area contributed by atoms with Gasteiger partial charge in [-0.3, -0.25) is 0 Å². The second kappa shape index (κ2) is 6.95. The van der Waals surface area contributed by atoms with Crippen LogP contribution in [0.15, 0.2) is 30.4 Å². The van der Waals surface area contributed by atoms with Crippen molar-refractivity contribution in [2.75, 3.05) is 0 Å². The van der Waals surface area contributed by atoms with Crippen molar-refractivity contribution in [1.29, 1.82) is 0 Å². The molecule has 0 heterocycles. The fourth-order valence-corrected chi connectivity index (χ4v) is 1.10. The lowest BCUT2D eigenvalue weighted by molar-refractivity contribution is -0.138. The van der Waals surface area contributed by atoms with Crippen molar-refractivity contribution in [1.82, 2.24) is 0 Å². The molecule has 1 aromatic rings. The van der Waals surface area contributed by atoms with Gasteiger partial charge in [0.25, 0.3) is 0 Å². The first-order valence-electron chi connectivity index (χ1n) is 5.11. The van der Waals surface area contributed by atoms with Gasteiger partial charge in [0.05, 0.1) is 11.1 Å². The Morgan fingerprint density at radius 1 is 1.05 bits per heavy atom. The molecule has 6 heteroatoms. The van der Waals surface area contributed by atoms with E-state index in [-0.39, 0.29) is 22.3 Å². The summed E-state index contributed by atoms with van der Waals surface area (Å²) in [6.07, 6.45) is 0. The molecule has 0 aliphatic carbocycles. The molecule has 0 aliphatic heterocycles. The maximum atomic E-state index is 10.6. The molecule has 1 radical (unpaired) electrons. The standard InChI is InChI=1S/C9H8O4.C4H5O2/c1-5-6(8(10)11)3-2-4-7(5)9(12)13;1-3(2)4(5)6/h2-4H,1H3,(H,10,11)(H,12,13);1H2,2H3. The van der Waals surface area contributed by atoms with Crippen LogP contribution in [0.2, 0.25) is 0 Å². The van der Waals surface area contributed by atoms with E-state index in [0.29, 0.717) is 0 Å². The molecule has 0 aliphatic rings. The van der Waals surface area contributed by atoms with Crippen molar-refractivity contribution in [3.63, 3.8) is 0 Å². The molecule has 1 rings (SSSR count). The van der Waals surface area contributed by atoms with Gasteiger partial charge in [-0.1, -0.05) is 12.6 Å². The minimum absolute atomic E-state index is 0.0277. The van der Waals surface area contributed by atoms with Crippen molar-refractivity contribution in [2.24, 2.45) is 0 Å². The zero-order valence-electron chi connectivity index (χ0n) is 10.5. The molecule has 6 nitrogen and oxygen atoms in total. The molecule has 2 N–H and O–H groups in total. The fraction of sp³-hybridized carbons (Fsp3) is 0.154. The summed E-state index contributed by atoms with van der Waals surface area (Å²) >= 11 is 0. The van der Waals surface area contributed by atoms with E-state index >= 15 is 0 Å². The molecule has 0 spiro atoms. The smallest absolute Gasteiger partial charge is 0.381 e. The van der Waals surface area contributed by atoms with Gasteiger partial charge >= 0.3 is 17.9 Å². The summed E-state index contributed by atoms with van der Waals surface area (Å²) in [5.74, 6) is -3.41. The van der Waals surface area contributed by atoms with E-state index in [1.807, 2.05) is 0 Å². The Balaban J connectivity index is 0.000000459. The van der Waals surface area contributed by atoms with Crippen LogP contribution in [-0.4, -0.2) is 28.1 Å². The van der Waals surface area contributed by atoms with Crippen LogP contribution in [0.3, 0.4) is 0 Å². The highest BCUT2D eigenvalue weighted by Crippen LogP contribution is 2.13. The molecule has 0 unspecified atom stereocenters. The Morgan fingerprint density at radius 2 is 1.37 bits per heavy atom. The highest BCUT2D eigenvalue weighted by atomic mass is 16.4. The third-order valence-corrected chi connectivity index (χ3v) is 2.14. The summed E-state index contributed by atoms with van der Waals surface area (Å²) in [5.41, 5.74) is 0.400. The molecule has 0 saturated heterocycles. The van der Waals surface area contributed by atoms with E-state index in [0.717, 1.165) is 0 Å². The Kier molecular flexibility index (Phi) is 5.99. The van der Waals surface area contributed by atoms with Crippen molar-refractivity contribution in [3.8, 4) is 0 Å². The zero-order valence-corrected chi connectivity index (χ0v) is 10.5. The predicted molar refractivity (Wildman–Crippen MR) is 65.6 cm³/mol. The number of hydrogen-bond acceptors (Lipinski definition) is 3. The van der Waals surface area contributed by atoms with Crippen LogP contribution in [-0.2, 0) is 9.90 Å². The molecule has 0 fully saturated rings. The average Bonchev–Trinajstić information content (AvgIpc) is 2.29. The van der Waals surface area contributed by atoms with Gasteiger partial charge in [-0.2, -0.15) is 0 Å². The van der Waals surface area contributed by atoms with E-state index in [1.54, 1.807) is 0 Å². The first-order valence-corrected chi connectivity index (χ1v) is 5.11. The van der Waals surface area contributed by atoms with Crippen molar-refractivity contribution in [2.45, 2.75) is 13.8 Å². The molecule has 0 atom stereocenters. The molecule has 1 aromatic carbocycles. The number of carboxylic acid groups (broad SMARTS) is 2. The molecule has 0 amide bonds. The predicted octanol–water partition coefficient (Wildman–Crippen LogP) is 1.91. The fourth-order valence-electron chi connectivity index (χ4n) is 1.10. The maximum absolute atomic E-state index is 10.6.